The van der Waals surface area contributed by atoms with Crippen LogP contribution in [0, 0.1) is 6.92 Å². The quantitative estimate of drug-likeness (QED) is 0.342. The molecular weight excluding hydrogens is 430 g/mol. The van der Waals surface area contributed by atoms with Crippen molar-refractivity contribution in [2.75, 3.05) is 0 Å². The lowest BCUT2D eigenvalue weighted by Crippen LogP contribution is -2.09. The molecule has 154 valence electrons. The van der Waals surface area contributed by atoms with Crippen LogP contribution in [-0.4, -0.2) is 10.8 Å². The molecule has 0 fully saturated rings. The number of thioether (sulfide) groups is 1. The largest absolute Gasteiger partial charge is 0.507 e. The number of hydrogen-bond acceptors (Lipinski definition) is 5. The third-order valence-corrected chi connectivity index (χ3v) is 7.06. The summed E-state index contributed by atoms with van der Waals surface area (Å²) in [6, 6.07) is 20.5. The Balaban J connectivity index is 1.77. The van der Waals surface area contributed by atoms with Gasteiger partial charge in [-0.1, -0.05) is 41.9 Å². The zero-order chi connectivity index (χ0) is 21.5. The van der Waals surface area contributed by atoms with E-state index < -0.39 is 5.63 Å². The lowest BCUT2D eigenvalue weighted by molar-refractivity contribution is 0.471. The zero-order valence-corrected chi connectivity index (χ0v) is 18.2. The second-order valence-electron chi connectivity index (χ2n) is 7.44. The first-order valence-corrected chi connectivity index (χ1v) is 11.1. The summed E-state index contributed by atoms with van der Waals surface area (Å²) in [5.74, 6) is 0.0299. The number of nitrogens with zero attached hydrogens (tertiary/aromatic N) is 1. The number of fused-ring (bicyclic) bond motifs is 2. The van der Waals surface area contributed by atoms with Gasteiger partial charge in [0.25, 0.3) is 0 Å². The molecule has 0 bridgehead atoms. The Morgan fingerprint density at radius 2 is 1.87 bits per heavy atom. The highest BCUT2D eigenvalue weighted by Gasteiger charge is 2.27. The van der Waals surface area contributed by atoms with Crippen molar-refractivity contribution in [1.29, 1.82) is 0 Å². The minimum atomic E-state index is -0.455. The van der Waals surface area contributed by atoms with E-state index in [4.69, 9.17) is 21.0 Å². The van der Waals surface area contributed by atoms with Crippen LogP contribution in [0.4, 0.5) is 5.69 Å². The standard InChI is InChI=1S/C25H18ClNO3S/c1-14-12-23(29)30-25-15(14)10-11-20(28)24(25)19-13-22(16-6-2-3-7-17(16)26)31-21-9-5-4-8-18(21)27-19/h2-12,22,28H,13H2,1H3/t22-/m1/s1. The molecule has 1 aliphatic rings. The van der Waals surface area contributed by atoms with Gasteiger partial charge in [-0.05, 0) is 48.4 Å². The molecule has 0 spiro atoms. The number of phenolic OH excluding ortho intramolecular Hbond substituents is 1. The molecule has 0 saturated heterocycles. The van der Waals surface area contributed by atoms with Crippen molar-refractivity contribution >= 4 is 45.7 Å². The number of aromatic hydroxyl groups is 1. The van der Waals surface area contributed by atoms with Crippen molar-refractivity contribution < 1.29 is 9.52 Å². The van der Waals surface area contributed by atoms with Crippen LogP contribution in [-0.2, 0) is 0 Å². The fourth-order valence-electron chi connectivity index (χ4n) is 3.93. The van der Waals surface area contributed by atoms with Gasteiger partial charge in [0.05, 0.1) is 17.0 Å². The van der Waals surface area contributed by atoms with E-state index in [9.17, 15) is 9.90 Å². The van der Waals surface area contributed by atoms with Gasteiger partial charge >= 0.3 is 5.63 Å². The van der Waals surface area contributed by atoms with Crippen molar-refractivity contribution in [2.45, 2.75) is 23.5 Å². The summed E-state index contributed by atoms with van der Waals surface area (Å²) >= 11 is 8.23. The summed E-state index contributed by atoms with van der Waals surface area (Å²) in [6.07, 6.45) is 0.507. The highest BCUT2D eigenvalue weighted by atomic mass is 35.5. The molecule has 0 amide bonds. The average molecular weight is 448 g/mol. The highest BCUT2D eigenvalue weighted by molar-refractivity contribution is 7.99. The van der Waals surface area contributed by atoms with Crippen LogP contribution in [0.25, 0.3) is 11.0 Å². The SMILES string of the molecule is Cc1cc(=O)oc2c(C3=Nc4ccccc4S[C@@H](c4ccccc4Cl)C3)c(O)ccc12. The highest BCUT2D eigenvalue weighted by Crippen LogP contribution is 2.48. The van der Waals surface area contributed by atoms with Crippen molar-refractivity contribution in [3.63, 3.8) is 0 Å². The Hall–Kier alpha value is -3.02. The number of phenols is 1. The molecule has 1 N–H and O–H groups in total. The molecule has 0 radical (unpaired) electrons. The first kappa shape index (κ1) is 19.9. The lowest BCUT2D eigenvalue weighted by atomic mass is 9.97. The van der Waals surface area contributed by atoms with Gasteiger partial charge in [-0.3, -0.25) is 4.99 Å². The molecule has 2 heterocycles. The van der Waals surface area contributed by atoms with Crippen LogP contribution in [0.3, 0.4) is 0 Å². The summed E-state index contributed by atoms with van der Waals surface area (Å²) in [5, 5.41) is 12.2. The molecule has 1 aliphatic heterocycles. The Morgan fingerprint density at radius 3 is 2.71 bits per heavy atom. The average Bonchev–Trinajstić information content (AvgIpc) is 2.93. The smallest absolute Gasteiger partial charge is 0.336 e. The fraction of sp³-hybridized carbons (Fsp3) is 0.120. The van der Waals surface area contributed by atoms with Gasteiger partial charge in [0.2, 0.25) is 0 Å². The number of rotatable bonds is 2. The van der Waals surface area contributed by atoms with E-state index in [0.717, 1.165) is 27.1 Å². The summed E-state index contributed by atoms with van der Waals surface area (Å²) in [6.45, 7) is 1.85. The number of halogens is 1. The number of aryl methyl sites for hydroxylation is 1. The maximum Gasteiger partial charge on any atom is 0.336 e. The fourth-order valence-corrected chi connectivity index (χ4v) is 5.53. The monoisotopic (exact) mass is 447 g/mol. The predicted octanol–water partition coefficient (Wildman–Crippen LogP) is 6.82. The van der Waals surface area contributed by atoms with Gasteiger partial charge in [0, 0.05) is 33.0 Å². The molecule has 5 rings (SSSR count). The van der Waals surface area contributed by atoms with Crippen LogP contribution < -0.4 is 5.63 Å². The van der Waals surface area contributed by atoms with E-state index in [-0.39, 0.29) is 11.0 Å². The molecule has 0 saturated carbocycles. The summed E-state index contributed by atoms with van der Waals surface area (Å²) in [4.78, 5) is 18.1. The summed E-state index contributed by atoms with van der Waals surface area (Å²) in [7, 11) is 0. The van der Waals surface area contributed by atoms with E-state index >= 15 is 0 Å². The number of benzene rings is 3. The second-order valence-corrected chi connectivity index (χ2v) is 9.09. The van der Waals surface area contributed by atoms with Gasteiger partial charge in [0.15, 0.2) is 5.58 Å². The number of hydrogen-bond donors (Lipinski definition) is 1. The summed E-state index contributed by atoms with van der Waals surface area (Å²) in [5.41, 5.74) is 3.60. The third kappa shape index (κ3) is 3.64. The van der Waals surface area contributed by atoms with E-state index in [1.165, 1.54) is 6.07 Å². The van der Waals surface area contributed by atoms with E-state index in [1.54, 1.807) is 23.9 Å². The van der Waals surface area contributed by atoms with Crippen LogP contribution in [0.5, 0.6) is 5.75 Å². The summed E-state index contributed by atoms with van der Waals surface area (Å²) < 4.78 is 5.57. The van der Waals surface area contributed by atoms with Crippen molar-refractivity contribution in [3.8, 4) is 5.75 Å². The molecule has 6 heteroatoms. The first-order chi connectivity index (χ1) is 15.0. The molecule has 31 heavy (non-hydrogen) atoms. The molecule has 3 aromatic carbocycles. The van der Waals surface area contributed by atoms with Gasteiger partial charge in [-0.2, -0.15) is 0 Å². The molecule has 0 aliphatic carbocycles. The molecule has 0 unspecified atom stereocenters. The predicted molar refractivity (Wildman–Crippen MR) is 126 cm³/mol. The van der Waals surface area contributed by atoms with Crippen molar-refractivity contribution in [1.82, 2.24) is 0 Å². The second kappa shape index (κ2) is 7.91. The van der Waals surface area contributed by atoms with Crippen LogP contribution >= 0.6 is 23.4 Å². The molecule has 1 atom stereocenters. The lowest BCUT2D eigenvalue weighted by Gasteiger charge is -2.18. The minimum Gasteiger partial charge on any atom is -0.507 e. The van der Waals surface area contributed by atoms with E-state index in [1.807, 2.05) is 55.5 Å². The molecule has 4 aromatic rings. The molecular formula is C25H18ClNO3S. The third-order valence-electron chi connectivity index (χ3n) is 5.41. The zero-order valence-electron chi connectivity index (χ0n) is 16.6. The van der Waals surface area contributed by atoms with Gasteiger partial charge in [-0.15, -0.1) is 11.8 Å². The van der Waals surface area contributed by atoms with E-state index in [2.05, 4.69) is 0 Å². The Morgan fingerprint density at radius 1 is 1.10 bits per heavy atom. The number of para-hydroxylation sites is 1. The van der Waals surface area contributed by atoms with E-state index in [0.29, 0.717) is 28.3 Å². The molecule has 1 aromatic heterocycles. The molecule has 4 nitrogen and oxygen atoms in total. The Labute approximate surface area is 188 Å². The minimum absolute atomic E-state index is 0.0257. The Bertz CT molecular complexity index is 1410. The Kier molecular flexibility index (Phi) is 5.08. The maximum atomic E-state index is 12.1. The van der Waals surface area contributed by atoms with Crippen LogP contribution in [0.15, 0.2) is 85.8 Å². The van der Waals surface area contributed by atoms with Gasteiger partial charge in [-0.25, -0.2) is 4.79 Å². The van der Waals surface area contributed by atoms with Gasteiger partial charge in [0.1, 0.15) is 5.75 Å². The van der Waals surface area contributed by atoms with Gasteiger partial charge < -0.3 is 9.52 Å². The van der Waals surface area contributed by atoms with Crippen molar-refractivity contribution in [3.05, 3.63) is 98.9 Å². The van der Waals surface area contributed by atoms with Crippen molar-refractivity contribution in [2.24, 2.45) is 4.99 Å². The normalized spacial score (nSPS) is 15.9. The first-order valence-electron chi connectivity index (χ1n) is 9.86. The van der Waals surface area contributed by atoms with Crippen LogP contribution in [0.2, 0.25) is 5.02 Å². The maximum absolute atomic E-state index is 12.1. The number of aliphatic imine (C=N–C) groups is 1. The topological polar surface area (TPSA) is 62.8 Å². The van der Waals surface area contributed by atoms with Crippen LogP contribution in [0.1, 0.15) is 28.4 Å².